The molecule has 1 amide bonds. The molecule has 1 aromatic carbocycles. The van der Waals surface area contributed by atoms with Crippen LogP contribution in [0.5, 0.6) is 5.75 Å². The number of methoxy groups -OCH3 is 1. The van der Waals surface area contributed by atoms with Gasteiger partial charge in [-0.05, 0) is 19.1 Å². The molecule has 1 N–H and O–H groups in total. The Morgan fingerprint density at radius 3 is 2.61 bits per heavy atom. The monoisotopic (exact) mass is 334 g/mol. The number of ketones is 1. The first-order valence-electron chi connectivity index (χ1n) is 6.99. The second-order valence-corrected chi connectivity index (χ2v) is 4.91. The maximum atomic E-state index is 12.0. The molecule has 2 rings (SSSR count). The summed E-state index contributed by atoms with van der Waals surface area (Å²) in [6.45, 7) is 2.06. The molecule has 122 valence electrons. The number of ether oxygens (including phenoxy) is 1. The molecule has 6 heteroatoms. The number of pyridine rings is 1. The van der Waals surface area contributed by atoms with Gasteiger partial charge in [0.05, 0.1) is 12.7 Å². The Bertz CT molecular complexity index is 689. The van der Waals surface area contributed by atoms with E-state index in [-0.39, 0.29) is 30.6 Å². The van der Waals surface area contributed by atoms with Gasteiger partial charge in [0.1, 0.15) is 5.75 Å². The summed E-state index contributed by atoms with van der Waals surface area (Å²) in [6, 6.07) is 11.0. The zero-order valence-electron chi connectivity index (χ0n) is 13.1. The predicted molar refractivity (Wildman–Crippen MR) is 81.5 cm³/mol. The number of aromatic nitrogens is 1. The first-order chi connectivity index (χ1) is 10.6. The largest absolute Gasteiger partial charge is 1.00 e. The van der Waals surface area contributed by atoms with Crippen molar-refractivity contribution in [2.24, 2.45) is 0 Å². The molecular formula is C17H19ClN2O3. The summed E-state index contributed by atoms with van der Waals surface area (Å²) in [5.41, 5.74) is 1.50. The van der Waals surface area contributed by atoms with E-state index in [0.29, 0.717) is 12.1 Å². The van der Waals surface area contributed by atoms with Crippen LogP contribution >= 0.6 is 0 Å². The Balaban J connectivity index is 0.00000264. The number of carbonyl (C=O) groups excluding carboxylic acids is 2. The highest BCUT2D eigenvalue weighted by Crippen LogP contribution is 2.16. The number of nitrogens with zero attached hydrogens (tertiary/aromatic N) is 1. The third-order valence-corrected chi connectivity index (χ3v) is 3.26. The summed E-state index contributed by atoms with van der Waals surface area (Å²) in [5.74, 6) is 0.592. The van der Waals surface area contributed by atoms with Crippen molar-refractivity contribution in [1.29, 1.82) is 0 Å². The Hall–Kier alpha value is -2.40. The minimum absolute atomic E-state index is 0. The van der Waals surface area contributed by atoms with Crippen LogP contribution in [0.4, 0.5) is 0 Å². The van der Waals surface area contributed by atoms with Crippen LogP contribution in [-0.4, -0.2) is 18.8 Å². The van der Waals surface area contributed by atoms with E-state index in [1.807, 2.05) is 24.3 Å². The molecule has 0 aliphatic rings. The molecular weight excluding hydrogens is 316 g/mol. The molecule has 0 aliphatic carbocycles. The van der Waals surface area contributed by atoms with Gasteiger partial charge in [0, 0.05) is 18.2 Å². The first kappa shape index (κ1) is 18.6. The average Bonchev–Trinajstić information content (AvgIpc) is 2.53. The number of benzene rings is 1. The standard InChI is InChI=1S/C17H18N2O3.ClH/c1-13(20)15-7-5-9-19(11-15)12-17(21)18-10-14-6-3-4-8-16(14)22-2;/h3-9,11H,10,12H2,1-2H3;1H. The van der Waals surface area contributed by atoms with Crippen molar-refractivity contribution in [1.82, 2.24) is 5.32 Å². The smallest absolute Gasteiger partial charge is 0.286 e. The van der Waals surface area contributed by atoms with Crippen LogP contribution in [0.15, 0.2) is 48.8 Å². The molecule has 0 aliphatic heterocycles. The van der Waals surface area contributed by atoms with Gasteiger partial charge >= 0.3 is 0 Å². The second kappa shape index (κ2) is 8.90. The lowest BCUT2D eigenvalue weighted by Crippen LogP contribution is -3.00. The van der Waals surface area contributed by atoms with Gasteiger partial charge in [-0.3, -0.25) is 9.59 Å². The number of amides is 1. The number of Topliss-reactive ketones (excluding diaryl/α,β-unsaturated/α-hetero) is 1. The minimum Gasteiger partial charge on any atom is -1.00 e. The van der Waals surface area contributed by atoms with Gasteiger partial charge in [0.25, 0.3) is 5.91 Å². The van der Waals surface area contributed by atoms with E-state index >= 15 is 0 Å². The molecule has 0 atom stereocenters. The fourth-order valence-corrected chi connectivity index (χ4v) is 2.09. The van der Waals surface area contributed by atoms with E-state index < -0.39 is 0 Å². The fourth-order valence-electron chi connectivity index (χ4n) is 2.09. The minimum atomic E-state index is -0.128. The highest BCUT2D eigenvalue weighted by molar-refractivity contribution is 5.93. The molecule has 0 fully saturated rings. The summed E-state index contributed by atoms with van der Waals surface area (Å²) in [6.07, 6.45) is 3.43. The fraction of sp³-hybridized carbons (Fsp3) is 0.235. The van der Waals surface area contributed by atoms with E-state index in [1.54, 1.807) is 36.2 Å². The highest BCUT2D eigenvalue weighted by atomic mass is 35.5. The predicted octanol–water partition coefficient (Wildman–Crippen LogP) is -1.49. The van der Waals surface area contributed by atoms with Crippen LogP contribution in [-0.2, 0) is 17.9 Å². The summed E-state index contributed by atoms with van der Waals surface area (Å²) in [4.78, 5) is 23.3. The first-order valence-corrected chi connectivity index (χ1v) is 6.99. The lowest BCUT2D eigenvalue weighted by molar-refractivity contribution is -0.684. The van der Waals surface area contributed by atoms with Gasteiger partial charge in [0.2, 0.25) is 6.54 Å². The Kier molecular flexibility index (Phi) is 7.22. The van der Waals surface area contributed by atoms with Crippen molar-refractivity contribution in [2.45, 2.75) is 20.0 Å². The van der Waals surface area contributed by atoms with Gasteiger partial charge in [-0.1, -0.05) is 18.2 Å². The molecule has 0 spiro atoms. The van der Waals surface area contributed by atoms with Crippen LogP contribution in [0, 0.1) is 0 Å². The molecule has 0 unspecified atom stereocenters. The van der Waals surface area contributed by atoms with E-state index in [0.717, 1.165) is 11.3 Å². The maximum absolute atomic E-state index is 12.0. The Morgan fingerprint density at radius 1 is 1.17 bits per heavy atom. The van der Waals surface area contributed by atoms with Crippen LogP contribution in [0.3, 0.4) is 0 Å². The van der Waals surface area contributed by atoms with Crippen LogP contribution in [0.1, 0.15) is 22.8 Å². The molecule has 1 heterocycles. The molecule has 0 saturated carbocycles. The number of para-hydroxylation sites is 1. The van der Waals surface area contributed by atoms with E-state index in [4.69, 9.17) is 4.74 Å². The topological polar surface area (TPSA) is 59.3 Å². The second-order valence-electron chi connectivity index (χ2n) is 4.91. The molecule has 2 aromatic rings. The summed E-state index contributed by atoms with van der Waals surface area (Å²) in [5, 5.41) is 2.85. The van der Waals surface area contributed by atoms with E-state index in [1.165, 1.54) is 6.92 Å². The lowest BCUT2D eigenvalue weighted by atomic mass is 10.2. The lowest BCUT2D eigenvalue weighted by Gasteiger charge is -2.08. The quantitative estimate of drug-likeness (QED) is 0.517. The normalized spacial score (nSPS) is 9.65. The van der Waals surface area contributed by atoms with Gasteiger partial charge in [-0.15, -0.1) is 0 Å². The molecule has 0 saturated heterocycles. The SMILES string of the molecule is COc1ccccc1CNC(=O)C[n+]1cccc(C(C)=O)c1.[Cl-]. The van der Waals surface area contributed by atoms with Crippen molar-refractivity contribution in [3.63, 3.8) is 0 Å². The number of hydrogen-bond donors (Lipinski definition) is 1. The van der Waals surface area contributed by atoms with Gasteiger partial charge in [0.15, 0.2) is 18.2 Å². The molecule has 5 nitrogen and oxygen atoms in total. The van der Waals surface area contributed by atoms with Crippen molar-refractivity contribution in [3.8, 4) is 5.75 Å². The molecule has 0 bridgehead atoms. The van der Waals surface area contributed by atoms with Crippen molar-refractivity contribution in [2.75, 3.05) is 7.11 Å². The van der Waals surface area contributed by atoms with Crippen LogP contribution < -0.4 is 27.0 Å². The van der Waals surface area contributed by atoms with Gasteiger partial charge in [-0.25, -0.2) is 0 Å². The van der Waals surface area contributed by atoms with Crippen molar-refractivity contribution >= 4 is 11.7 Å². The number of hydrogen-bond acceptors (Lipinski definition) is 3. The van der Waals surface area contributed by atoms with Crippen LogP contribution in [0.25, 0.3) is 0 Å². The van der Waals surface area contributed by atoms with Gasteiger partial charge in [-0.2, -0.15) is 4.57 Å². The molecule has 1 aromatic heterocycles. The Labute approximate surface area is 141 Å². The molecule has 23 heavy (non-hydrogen) atoms. The van der Waals surface area contributed by atoms with E-state index in [2.05, 4.69) is 5.32 Å². The third kappa shape index (κ3) is 5.38. The number of rotatable bonds is 6. The summed E-state index contributed by atoms with van der Waals surface area (Å²) < 4.78 is 6.93. The number of halogens is 1. The third-order valence-electron chi connectivity index (χ3n) is 3.26. The summed E-state index contributed by atoms with van der Waals surface area (Å²) >= 11 is 0. The average molecular weight is 335 g/mol. The summed E-state index contributed by atoms with van der Waals surface area (Å²) in [7, 11) is 1.60. The van der Waals surface area contributed by atoms with E-state index in [9.17, 15) is 9.59 Å². The molecule has 0 radical (unpaired) electrons. The van der Waals surface area contributed by atoms with Crippen molar-refractivity contribution in [3.05, 3.63) is 59.9 Å². The van der Waals surface area contributed by atoms with Crippen molar-refractivity contribution < 1.29 is 31.3 Å². The zero-order chi connectivity index (χ0) is 15.9. The Morgan fingerprint density at radius 2 is 1.91 bits per heavy atom. The zero-order valence-corrected chi connectivity index (χ0v) is 13.8. The van der Waals surface area contributed by atoms with Crippen LogP contribution in [0.2, 0.25) is 0 Å². The maximum Gasteiger partial charge on any atom is 0.286 e. The number of nitrogens with one attached hydrogen (secondary N) is 1. The highest BCUT2D eigenvalue weighted by Gasteiger charge is 2.12. The number of carbonyl (C=O) groups is 2. The van der Waals surface area contributed by atoms with Gasteiger partial charge < -0.3 is 22.5 Å².